The van der Waals surface area contributed by atoms with Crippen LogP contribution < -0.4 is 20.7 Å². The van der Waals surface area contributed by atoms with Gasteiger partial charge in [0.25, 0.3) is 5.91 Å². The molecule has 0 bridgehead atoms. The van der Waals surface area contributed by atoms with E-state index in [9.17, 15) is 19.1 Å². The number of nitrogens with zero attached hydrogens (tertiary/aromatic N) is 4. The van der Waals surface area contributed by atoms with Gasteiger partial charge in [0.05, 0.1) is 31.1 Å². The lowest BCUT2D eigenvalue weighted by Gasteiger charge is -2.32. The van der Waals surface area contributed by atoms with Gasteiger partial charge in [0.1, 0.15) is 0 Å². The van der Waals surface area contributed by atoms with Gasteiger partial charge < -0.3 is 30.7 Å². The smallest absolute Gasteiger partial charge is 0.254 e. The number of methoxy groups -OCH3 is 1. The second kappa shape index (κ2) is 12.0. The number of ether oxygens (including phenoxy) is 1. The number of anilines is 2. The molecule has 0 radical (unpaired) electrons. The molecule has 2 aliphatic heterocycles. The summed E-state index contributed by atoms with van der Waals surface area (Å²) in [7, 11) is 1.42. The number of imidazole rings is 1. The number of hydrogen-bond donors (Lipinski definition) is 4. The minimum atomic E-state index is -0.572. The van der Waals surface area contributed by atoms with E-state index < -0.39 is 11.9 Å². The standard InChI is InChI=1S/C31H34FN7O4/c1-18-13-21(36-28-29-35-16-25(39(29)12-9-34-28)20-3-6-27(43-2)23(32)14-20)4-5-22(18)31(42)38-10-7-19(8-11-38)30(41)37-24-15-33-17-26(24)40/h3-6,9,12-14,16,19,24,26,33,40H,7-8,10-11,15,17H2,1-2H3,(H,34,36)(H,37,41)/t24-,26-/m1/s1. The number of aromatic nitrogens is 3. The summed E-state index contributed by atoms with van der Waals surface area (Å²) in [6.45, 7) is 3.92. The maximum atomic E-state index is 14.4. The van der Waals surface area contributed by atoms with Crippen molar-refractivity contribution in [3.05, 3.63) is 71.9 Å². The zero-order valence-corrected chi connectivity index (χ0v) is 24.0. The summed E-state index contributed by atoms with van der Waals surface area (Å²) in [6.07, 6.45) is 5.66. The first kappa shape index (κ1) is 28.6. The summed E-state index contributed by atoms with van der Waals surface area (Å²) >= 11 is 0. The number of benzene rings is 2. The van der Waals surface area contributed by atoms with Gasteiger partial charge in [-0.15, -0.1) is 0 Å². The van der Waals surface area contributed by atoms with E-state index in [4.69, 9.17) is 4.74 Å². The third kappa shape index (κ3) is 5.75. The molecular formula is C31H34FN7O4. The van der Waals surface area contributed by atoms with Crippen LogP contribution in [0.1, 0.15) is 28.8 Å². The van der Waals surface area contributed by atoms with Crippen molar-refractivity contribution in [1.82, 2.24) is 29.9 Å². The largest absolute Gasteiger partial charge is 0.494 e. The van der Waals surface area contributed by atoms with E-state index in [2.05, 4.69) is 25.9 Å². The number of β-amino-alcohol motifs (C(OH)–C–C–N with tert-alkyl or cyclic N) is 1. The molecule has 2 amide bonds. The van der Waals surface area contributed by atoms with Crippen molar-refractivity contribution in [3.63, 3.8) is 0 Å². The summed E-state index contributed by atoms with van der Waals surface area (Å²) in [5, 5.41) is 19.3. The fourth-order valence-electron chi connectivity index (χ4n) is 5.79. The quantitative estimate of drug-likeness (QED) is 0.260. The van der Waals surface area contributed by atoms with Gasteiger partial charge >= 0.3 is 0 Å². The highest BCUT2D eigenvalue weighted by Crippen LogP contribution is 2.29. The predicted octanol–water partition coefficient (Wildman–Crippen LogP) is 2.90. The Morgan fingerprint density at radius 1 is 1.12 bits per heavy atom. The average Bonchev–Trinajstić information content (AvgIpc) is 3.63. The van der Waals surface area contributed by atoms with E-state index in [1.165, 1.54) is 13.2 Å². The molecule has 2 atom stereocenters. The minimum Gasteiger partial charge on any atom is -0.494 e. The number of halogens is 1. The summed E-state index contributed by atoms with van der Waals surface area (Å²) < 4.78 is 21.2. The molecule has 4 heterocycles. The summed E-state index contributed by atoms with van der Waals surface area (Å²) in [5.74, 6) is -0.0712. The molecule has 0 saturated carbocycles. The summed E-state index contributed by atoms with van der Waals surface area (Å²) in [4.78, 5) is 36.8. The Morgan fingerprint density at radius 3 is 2.63 bits per heavy atom. The lowest BCUT2D eigenvalue weighted by Crippen LogP contribution is -2.48. The van der Waals surface area contributed by atoms with Crippen molar-refractivity contribution in [2.24, 2.45) is 5.92 Å². The third-order valence-electron chi connectivity index (χ3n) is 8.26. The highest BCUT2D eigenvalue weighted by molar-refractivity contribution is 5.96. The molecule has 0 spiro atoms. The molecule has 2 aliphatic rings. The number of nitrogens with one attached hydrogen (secondary N) is 3. The van der Waals surface area contributed by atoms with Crippen molar-refractivity contribution < 1.29 is 23.8 Å². The molecule has 0 aliphatic carbocycles. The lowest BCUT2D eigenvalue weighted by atomic mass is 9.94. The van der Waals surface area contributed by atoms with Crippen molar-refractivity contribution >= 4 is 29.0 Å². The van der Waals surface area contributed by atoms with Gasteiger partial charge in [0.15, 0.2) is 23.0 Å². The Kier molecular flexibility index (Phi) is 7.96. The molecule has 224 valence electrons. The van der Waals surface area contributed by atoms with Crippen molar-refractivity contribution in [3.8, 4) is 17.0 Å². The Hall–Kier alpha value is -4.55. The van der Waals surface area contributed by atoms with Gasteiger partial charge in [0, 0.05) is 61.3 Å². The lowest BCUT2D eigenvalue weighted by molar-refractivity contribution is -0.127. The number of rotatable bonds is 7. The number of likely N-dealkylation sites (tertiary alicyclic amines) is 1. The molecule has 2 fully saturated rings. The Bertz CT molecular complexity index is 1670. The number of aliphatic hydroxyl groups is 1. The second-order valence-corrected chi connectivity index (χ2v) is 11.0. The molecule has 43 heavy (non-hydrogen) atoms. The van der Waals surface area contributed by atoms with Gasteiger partial charge in [-0.05, 0) is 61.7 Å². The molecule has 0 unspecified atom stereocenters. The first-order valence-electron chi connectivity index (χ1n) is 14.3. The van der Waals surface area contributed by atoms with Crippen LogP contribution in [0.3, 0.4) is 0 Å². The van der Waals surface area contributed by atoms with E-state index in [-0.39, 0.29) is 29.5 Å². The van der Waals surface area contributed by atoms with Crippen LogP contribution in [0.4, 0.5) is 15.9 Å². The van der Waals surface area contributed by atoms with Crippen LogP contribution in [0.15, 0.2) is 55.0 Å². The molecular weight excluding hydrogens is 553 g/mol. The highest BCUT2D eigenvalue weighted by atomic mass is 19.1. The summed E-state index contributed by atoms with van der Waals surface area (Å²) in [6, 6.07) is 10.0. The Balaban J connectivity index is 1.11. The first-order valence-corrected chi connectivity index (χ1v) is 14.3. The minimum absolute atomic E-state index is 0.0594. The van der Waals surface area contributed by atoms with Crippen molar-refractivity contribution in [1.29, 1.82) is 0 Å². The number of aliphatic hydroxyl groups excluding tert-OH is 1. The zero-order valence-electron chi connectivity index (χ0n) is 24.0. The number of hydrogen-bond acceptors (Lipinski definition) is 8. The molecule has 6 rings (SSSR count). The zero-order chi connectivity index (χ0) is 30.1. The maximum Gasteiger partial charge on any atom is 0.254 e. The third-order valence-corrected chi connectivity index (χ3v) is 8.26. The van der Waals surface area contributed by atoms with Crippen LogP contribution in [-0.4, -0.2) is 81.6 Å². The highest BCUT2D eigenvalue weighted by Gasteiger charge is 2.32. The fraction of sp³-hybridized carbons (Fsp3) is 0.355. The molecule has 4 N–H and O–H groups in total. The topological polar surface area (TPSA) is 133 Å². The molecule has 2 aromatic carbocycles. The number of fused-ring (bicyclic) bond motifs is 1. The van der Waals surface area contributed by atoms with Gasteiger partial charge in [-0.3, -0.25) is 14.0 Å². The number of carbonyl (C=O) groups is 2. The maximum absolute atomic E-state index is 14.4. The van der Waals surface area contributed by atoms with Crippen LogP contribution in [0, 0.1) is 18.7 Å². The molecule has 2 aromatic heterocycles. The normalized spacial score (nSPS) is 19.0. The molecule has 11 nitrogen and oxygen atoms in total. The van der Waals surface area contributed by atoms with E-state index in [0.29, 0.717) is 67.3 Å². The number of amides is 2. The van der Waals surface area contributed by atoms with Crippen LogP contribution in [0.5, 0.6) is 5.75 Å². The number of piperidine rings is 1. The Morgan fingerprint density at radius 2 is 1.93 bits per heavy atom. The van der Waals surface area contributed by atoms with Gasteiger partial charge in [-0.2, -0.15) is 0 Å². The fourth-order valence-corrected chi connectivity index (χ4v) is 5.79. The molecule has 2 saturated heterocycles. The van der Waals surface area contributed by atoms with Crippen LogP contribution in [-0.2, 0) is 4.79 Å². The van der Waals surface area contributed by atoms with Crippen LogP contribution >= 0.6 is 0 Å². The Labute approximate surface area is 248 Å². The SMILES string of the molecule is COc1ccc(-c2cnc3c(Nc4ccc(C(=O)N5CCC(C(=O)N[C@@H]6CNC[C@H]6O)CC5)c(C)c4)nccn23)cc1F. The first-order chi connectivity index (χ1) is 20.8. The number of aryl methyl sites for hydroxylation is 1. The van der Waals surface area contributed by atoms with Gasteiger partial charge in [-0.1, -0.05) is 0 Å². The van der Waals surface area contributed by atoms with E-state index in [1.54, 1.807) is 41.7 Å². The van der Waals surface area contributed by atoms with Crippen LogP contribution in [0.25, 0.3) is 16.9 Å². The molecule has 4 aromatic rings. The summed E-state index contributed by atoms with van der Waals surface area (Å²) in [5.41, 5.74) is 4.07. The van der Waals surface area contributed by atoms with Crippen molar-refractivity contribution in [2.45, 2.75) is 31.9 Å². The van der Waals surface area contributed by atoms with Crippen LogP contribution in [0.2, 0.25) is 0 Å². The van der Waals surface area contributed by atoms with Crippen molar-refractivity contribution in [2.75, 3.05) is 38.6 Å². The van der Waals surface area contributed by atoms with Gasteiger partial charge in [-0.25, -0.2) is 14.4 Å². The van der Waals surface area contributed by atoms with E-state index in [0.717, 1.165) is 11.3 Å². The van der Waals surface area contributed by atoms with Gasteiger partial charge in [0.2, 0.25) is 5.91 Å². The van der Waals surface area contributed by atoms with E-state index >= 15 is 0 Å². The monoisotopic (exact) mass is 587 g/mol. The number of carbonyl (C=O) groups excluding carboxylic acids is 2. The van der Waals surface area contributed by atoms with E-state index in [1.807, 2.05) is 23.5 Å². The predicted molar refractivity (Wildman–Crippen MR) is 159 cm³/mol. The average molecular weight is 588 g/mol. The molecule has 12 heteroatoms. The second-order valence-electron chi connectivity index (χ2n) is 11.0.